The van der Waals surface area contributed by atoms with Crippen molar-refractivity contribution < 1.29 is 20.6 Å². The summed E-state index contributed by atoms with van der Waals surface area (Å²) in [5.41, 5.74) is 2.58. The first-order chi connectivity index (χ1) is 16.6. The van der Waals surface area contributed by atoms with Crippen LogP contribution in [0.5, 0.6) is 0 Å². The fourth-order valence-electron chi connectivity index (χ4n) is 4.33. The van der Waals surface area contributed by atoms with Gasteiger partial charge in [0.25, 0.3) is 0 Å². The summed E-state index contributed by atoms with van der Waals surface area (Å²) in [6.07, 6.45) is 2.45. The molecule has 0 spiro atoms. The number of benzene rings is 1. The number of nitrogens with zero attached hydrogens (tertiary/aromatic N) is 3. The molecule has 0 radical (unpaired) electrons. The number of rotatable bonds is 4. The minimum Gasteiger partial charge on any atom is -0.343 e. The average molecular weight is 388 g/mol. The molecule has 1 aliphatic heterocycles. The van der Waals surface area contributed by atoms with Gasteiger partial charge in [-0.15, -0.1) is 0 Å². The van der Waals surface area contributed by atoms with Gasteiger partial charge in [-0.25, -0.2) is 0 Å². The number of fused-ring (bicyclic) bond motifs is 2. The number of carbonyl (C=O) groups is 2. The van der Waals surface area contributed by atoms with Crippen molar-refractivity contribution in [2.75, 3.05) is 26.7 Å². The highest BCUT2D eigenvalue weighted by Crippen LogP contribution is 2.41. The molecule has 2 atom stereocenters. The average Bonchev–Trinajstić information content (AvgIpc) is 3.06. The van der Waals surface area contributed by atoms with Gasteiger partial charge in [-0.3, -0.25) is 19.1 Å². The van der Waals surface area contributed by atoms with E-state index in [4.69, 9.17) is 11.0 Å². The molecule has 148 valence electrons. The molecule has 0 N–H and O–H groups in total. The molecule has 0 bridgehead atoms. The number of hydrogen-bond donors (Lipinski definition) is 0. The highest BCUT2D eigenvalue weighted by atomic mass is 16.2. The summed E-state index contributed by atoms with van der Waals surface area (Å²) in [7, 11) is 1.83. The van der Waals surface area contributed by atoms with Crippen molar-refractivity contribution in [3.8, 4) is 0 Å². The maximum absolute atomic E-state index is 13.4. The van der Waals surface area contributed by atoms with Gasteiger partial charge in [-0.2, -0.15) is 0 Å². The van der Waals surface area contributed by atoms with E-state index in [9.17, 15) is 9.59 Å². The molecule has 0 unspecified atom stereocenters. The van der Waals surface area contributed by atoms with E-state index in [1.807, 2.05) is 11.9 Å². The van der Waals surface area contributed by atoms with Gasteiger partial charge in [0.05, 0.1) is 14.2 Å². The number of hydrogen-bond acceptors (Lipinski definition) is 3. The summed E-state index contributed by atoms with van der Waals surface area (Å²) < 4.78 is 63.9. The lowest BCUT2D eigenvalue weighted by molar-refractivity contribution is -0.134. The number of likely N-dealkylation sites (N-methyl/N-ethyl adjacent to an activating group) is 1. The number of aromatic nitrogens is 1. The van der Waals surface area contributed by atoms with Crippen LogP contribution >= 0.6 is 0 Å². The highest BCUT2D eigenvalue weighted by molar-refractivity contribution is 6.03. The van der Waals surface area contributed by atoms with Gasteiger partial charge in [0.2, 0.25) is 11.8 Å². The van der Waals surface area contributed by atoms with Crippen LogP contribution in [0, 0.1) is 5.92 Å². The summed E-state index contributed by atoms with van der Waals surface area (Å²) in [5.74, 6) is -1.61. The Morgan fingerprint density at radius 2 is 2.14 bits per heavy atom. The van der Waals surface area contributed by atoms with Crippen LogP contribution in [-0.2, 0) is 11.2 Å². The molecular weight excluding hydrogens is 350 g/mol. The van der Waals surface area contributed by atoms with E-state index in [1.165, 1.54) is 4.57 Å². The van der Waals surface area contributed by atoms with Crippen LogP contribution in [-0.4, -0.2) is 58.9 Å². The zero-order valence-electron chi connectivity index (χ0n) is 24.1. The van der Waals surface area contributed by atoms with Gasteiger partial charge < -0.3 is 4.90 Å². The van der Waals surface area contributed by atoms with E-state index in [0.29, 0.717) is 22.9 Å². The first kappa shape index (κ1) is 11.6. The zero-order valence-corrected chi connectivity index (χ0v) is 16.1. The topological polar surface area (TPSA) is 45.6 Å². The molecule has 5 nitrogen and oxygen atoms in total. The van der Waals surface area contributed by atoms with E-state index in [1.54, 1.807) is 25.1 Å². The second-order valence-corrected chi connectivity index (χ2v) is 7.37. The monoisotopic (exact) mass is 387 g/mol. The fraction of sp³-hybridized carbons (Fsp3) is 0.478. The van der Waals surface area contributed by atoms with Crippen molar-refractivity contribution in [2.45, 2.75) is 39.5 Å². The SMILES string of the molecule is [2H]c1ccc2c3c(c([2H])n(C(=O)CC)c13)C[C@@H]1C2=C[C@@H](C(=O)N(CC([2H])([2H])[2H])CC([2H])([2H])[2H])CN1C. The van der Waals surface area contributed by atoms with E-state index in [0.717, 1.165) is 16.0 Å². The maximum atomic E-state index is 13.4. The Bertz CT molecular complexity index is 1240. The second-order valence-electron chi connectivity index (χ2n) is 7.37. The standard InChI is InChI=1S/C23H29N3O2/c1-5-21(27)26-14-15-12-20-18(17-9-8-10-19(26)22(15)17)11-16(13-24(20)4)23(28)25(6-2)7-3/h8-11,14,16,20H,5-7,12-13H2,1-4H3/t16-,20-/m1/s1/i2D3,3D3,10D,14D. The quantitative estimate of drug-likeness (QED) is 0.807. The Labute approximate surface area is 177 Å². The van der Waals surface area contributed by atoms with E-state index in [2.05, 4.69) is 0 Å². The molecular formula is C23H29N3O2. The molecule has 4 rings (SSSR count). The lowest BCUT2D eigenvalue weighted by atomic mass is 9.79. The Morgan fingerprint density at radius 3 is 2.86 bits per heavy atom. The lowest BCUT2D eigenvalue weighted by Crippen LogP contribution is -2.47. The smallest absolute Gasteiger partial charge is 0.230 e. The van der Waals surface area contributed by atoms with E-state index < -0.39 is 38.6 Å². The molecule has 0 saturated heterocycles. The third-order valence-corrected chi connectivity index (χ3v) is 5.78. The van der Waals surface area contributed by atoms with Gasteiger partial charge in [0, 0.05) is 51.9 Å². The van der Waals surface area contributed by atoms with Crippen LogP contribution in [0.1, 0.15) is 53.9 Å². The predicted octanol–water partition coefficient (Wildman–Crippen LogP) is 3.43. The Morgan fingerprint density at radius 1 is 1.36 bits per heavy atom. The summed E-state index contributed by atoms with van der Waals surface area (Å²) in [4.78, 5) is 29.0. The molecule has 5 heteroatoms. The summed E-state index contributed by atoms with van der Waals surface area (Å²) in [6, 6.07) is 3.28. The number of amides is 1. The molecule has 0 fully saturated rings. The van der Waals surface area contributed by atoms with Crippen molar-refractivity contribution in [3.05, 3.63) is 41.6 Å². The van der Waals surface area contributed by atoms with Crippen molar-refractivity contribution >= 4 is 28.3 Å². The Hall–Kier alpha value is -2.40. The van der Waals surface area contributed by atoms with Crippen LogP contribution in [0.4, 0.5) is 0 Å². The third-order valence-electron chi connectivity index (χ3n) is 5.78. The molecule has 2 heterocycles. The van der Waals surface area contributed by atoms with Crippen LogP contribution < -0.4 is 0 Å². The summed E-state index contributed by atoms with van der Waals surface area (Å²) >= 11 is 0. The fourth-order valence-corrected chi connectivity index (χ4v) is 4.33. The molecule has 1 aromatic heterocycles. The molecule has 1 aromatic carbocycles. The minimum atomic E-state index is -2.51. The lowest BCUT2D eigenvalue weighted by Gasteiger charge is -2.40. The van der Waals surface area contributed by atoms with Crippen LogP contribution in [0.3, 0.4) is 0 Å². The van der Waals surface area contributed by atoms with Crippen molar-refractivity contribution in [1.82, 2.24) is 14.4 Å². The van der Waals surface area contributed by atoms with Gasteiger partial charge in [-0.05, 0) is 49.9 Å². The second kappa shape index (κ2) is 7.21. The van der Waals surface area contributed by atoms with Crippen LogP contribution in [0.2, 0.25) is 0 Å². The van der Waals surface area contributed by atoms with E-state index in [-0.39, 0.29) is 37.1 Å². The molecule has 2 aromatic rings. The molecule has 1 amide bonds. The summed E-state index contributed by atoms with van der Waals surface area (Å²) in [5, 5.41) is 0.653. The van der Waals surface area contributed by atoms with Gasteiger partial charge in [0.15, 0.2) is 0 Å². The summed E-state index contributed by atoms with van der Waals surface area (Å²) in [6.45, 7) is -4.38. The Balaban J connectivity index is 1.83. The number of carbonyl (C=O) groups excluding carboxylic acids is 2. The predicted molar refractivity (Wildman–Crippen MR) is 112 cm³/mol. The largest absolute Gasteiger partial charge is 0.343 e. The zero-order chi connectivity index (χ0) is 26.7. The first-order valence-corrected chi connectivity index (χ1v) is 9.50. The van der Waals surface area contributed by atoms with Gasteiger partial charge in [-0.1, -0.05) is 25.1 Å². The molecule has 2 aliphatic rings. The van der Waals surface area contributed by atoms with Crippen LogP contribution in [0.15, 0.2) is 30.4 Å². The third kappa shape index (κ3) is 2.80. The highest BCUT2D eigenvalue weighted by Gasteiger charge is 2.37. The van der Waals surface area contributed by atoms with Crippen molar-refractivity contribution in [3.63, 3.8) is 0 Å². The maximum Gasteiger partial charge on any atom is 0.230 e. The first-order valence-electron chi connectivity index (χ1n) is 13.5. The molecule has 1 aliphatic carbocycles. The molecule has 0 saturated carbocycles. The van der Waals surface area contributed by atoms with Crippen LogP contribution in [0.25, 0.3) is 16.5 Å². The van der Waals surface area contributed by atoms with Gasteiger partial charge >= 0.3 is 0 Å². The van der Waals surface area contributed by atoms with Crippen molar-refractivity contribution in [2.24, 2.45) is 5.92 Å². The van der Waals surface area contributed by atoms with Crippen molar-refractivity contribution in [1.29, 1.82) is 0 Å². The van der Waals surface area contributed by atoms with Gasteiger partial charge in [0.1, 0.15) is 0 Å². The van der Waals surface area contributed by atoms with E-state index >= 15 is 0 Å². The Kier molecular flexibility index (Phi) is 2.98. The molecule has 28 heavy (non-hydrogen) atoms. The normalized spacial score (nSPS) is 26.4. The minimum absolute atomic E-state index is 0.0741.